The second-order valence-electron chi connectivity index (χ2n) is 7.75. The number of ether oxygens (including phenoxy) is 1. The van der Waals surface area contributed by atoms with E-state index < -0.39 is 5.97 Å². The summed E-state index contributed by atoms with van der Waals surface area (Å²) in [6, 6.07) is 24.2. The smallest absolute Gasteiger partial charge is 0.323 e. The van der Waals surface area contributed by atoms with Crippen molar-refractivity contribution < 1.29 is 19.4 Å². The van der Waals surface area contributed by atoms with Crippen LogP contribution in [0.3, 0.4) is 0 Å². The molecule has 1 amide bonds. The van der Waals surface area contributed by atoms with E-state index in [1.807, 2.05) is 66.2 Å². The van der Waals surface area contributed by atoms with Crippen LogP contribution in [0.1, 0.15) is 10.5 Å². The number of rotatable bonds is 6. The molecule has 0 radical (unpaired) electrons. The van der Waals surface area contributed by atoms with Gasteiger partial charge in [-0.25, -0.2) is 0 Å². The fourth-order valence-corrected chi connectivity index (χ4v) is 4.00. The summed E-state index contributed by atoms with van der Waals surface area (Å²) in [6.45, 7) is -0.113. The molecule has 0 atom stereocenters. The largest absolute Gasteiger partial charge is 0.480 e. The molecule has 5 rings (SSSR count). The SMILES string of the molecule is Cn1c(C(=O)Nc2ccc(Oc3cccc4c3ccn4CC(=O)O)cc2)cc2ccccc21. The van der Waals surface area contributed by atoms with Gasteiger partial charge in [0.25, 0.3) is 5.91 Å². The number of para-hydroxylation sites is 1. The molecule has 7 heteroatoms. The number of anilines is 1. The van der Waals surface area contributed by atoms with Crippen LogP contribution in [0.4, 0.5) is 5.69 Å². The van der Waals surface area contributed by atoms with Gasteiger partial charge in [0.15, 0.2) is 0 Å². The summed E-state index contributed by atoms with van der Waals surface area (Å²) in [7, 11) is 1.87. The highest BCUT2D eigenvalue weighted by molar-refractivity contribution is 6.06. The van der Waals surface area contributed by atoms with Crippen LogP contribution >= 0.6 is 0 Å². The minimum Gasteiger partial charge on any atom is -0.480 e. The zero-order valence-corrected chi connectivity index (χ0v) is 17.9. The van der Waals surface area contributed by atoms with Crippen molar-refractivity contribution in [2.24, 2.45) is 7.05 Å². The third-order valence-electron chi connectivity index (χ3n) is 5.60. The van der Waals surface area contributed by atoms with Gasteiger partial charge in [0.1, 0.15) is 23.7 Å². The number of hydrogen-bond acceptors (Lipinski definition) is 3. The first-order valence-electron chi connectivity index (χ1n) is 10.4. The molecule has 33 heavy (non-hydrogen) atoms. The van der Waals surface area contributed by atoms with E-state index in [0.29, 0.717) is 22.9 Å². The molecule has 5 aromatic rings. The molecule has 0 fully saturated rings. The monoisotopic (exact) mass is 439 g/mol. The van der Waals surface area contributed by atoms with Crippen molar-refractivity contribution in [2.75, 3.05) is 5.32 Å². The average Bonchev–Trinajstić information content (AvgIpc) is 3.37. The molecule has 2 aromatic heterocycles. The predicted molar refractivity (Wildman–Crippen MR) is 127 cm³/mol. The Morgan fingerprint density at radius 3 is 2.45 bits per heavy atom. The molecule has 0 aliphatic heterocycles. The Morgan fingerprint density at radius 2 is 1.70 bits per heavy atom. The van der Waals surface area contributed by atoms with E-state index in [-0.39, 0.29) is 12.5 Å². The lowest BCUT2D eigenvalue weighted by molar-refractivity contribution is -0.137. The van der Waals surface area contributed by atoms with Gasteiger partial charge in [0.2, 0.25) is 0 Å². The van der Waals surface area contributed by atoms with Gasteiger partial charge in [-0.05, 0) is 54.6 Å². The average molecular weight is 439 g/mol. The van der Waals surface area contributed by atoms with E-state index in [2.05, 4.69) is 5.32 Å². The summed E-state index contributed by atoms with van der Waals surface area (Å²) in [5, 5.41) is 13.8. The first-order chi connectivity index (χ1) is 16.0. The van der Waals surface area contributed by atoms with Crippen molar-refractivity contribution in [2.45, 2.75) is 6.54 Å². The summed E-state index contributed by atoms with van der Waals surface area (Å²) in [6.07, 6.45) is 1.73. The van der Waals surface area contributed by atoms with Crippen LogP contribution in [-0.2, 0) is 18.4 Å². The molecule has 0 bridgehead atoms. The normalized spacial score (nSPS) is 11.1. The Morgan fingerprint density at radius 1 is 0.939 bits per heavy atom. The maximum Gasteiger partial charge on any atom is 0.323 e. The summed E-state index contributed by atoms with van der Waals surface area (Å²) < 4.78 is 9.57. The highest BCUT2D eigenvalue weighted by Crippen LogP contribution is 2.31. The number of carbonyl (C=O) groups excluding carboxylic acids is 1. The van der Waals surface area contributed by atoms with Gasteiger partial charge in [-0.3, -0.25) is 9.59 Å². The summed E-state index contributed by atoms with van der Waals surface area (Å²) in [4.78, 5) is 23.9. The number of carbonyl (C=O) groups is 2. The quantitative estimate of drug-likeness (QED) is 0.378. The van der Waals surface area contributed by atoms with E-state index in [0.717, 1.165) is 21.8 Å². The van der Waals surface area contributed by atoms with Gasteiger partial charge >= 0.3 is 5.97 Å². The molecule has 2 N–H and O–H groups in total. The van der Waals surface area contributed by atoms with Gasteiger partial charge in [0.05, 0.1) is 5.52 Å². The lowest BCUT2D eigenvalue weighted by Gasteiger charge is -2.10. The molecule has 0 unspecified atom stereocenters. The van der Waals surface area contributed by atoms with Gasteiger partial charge in [-0.2, -0.15) is 0 Å². The Bertz CT molecular complexity index is 1500. The van der Waals surface area contributed by atoms with Crippen molar-refractivity contribution >= 4 is 39.4 Å². The lowest BCUT2D eigenvalue weighted by atomic mass is 10.2. The van der Waals surface area contributed by atoms with Crippen LogP contribution in [0.5, 0.6) is 11.5 Å². The number of carboxylic acid groups (broad SMARTS) is 1. The van der Waals surface area contributed by atoms with Gasteiger partial charge < -0.3 is 24.3 Å². The molecule has 0 spiro atoms. The number of nitrogens with one attached hydrogen (secondary N) is 1. The summed E-state index contributed by atoms with van der Waals surface area (Å²) in [5.74, 6) is 0.145. The Balaban J connectivity index is 1.33. The Hall–Kier alpha value is -4.52. The lowest BCUT2D eigenvalue weighted by Crippen LogP contribution is -2.15. The molecular formula is C26H21N3O4. The molecule has 0 aliphatic carbocycles. The van der Waals surface area contributed by atoms with E-state index in [4.69, 9.17) is 9.84 Å². The first-order valence-corrected chi connectivity index (χ1v) is 10.4. The zero-order valence-electron chi connectivity index (χ0n) is 17.9. The number of amides is 1. The molecule has 3 aromatic carbocycles. The van der Waals surface area contributed by atoms with Crippen molar-refractivity contribution in [3.05, 3.63) is 90.8 Å². The third-order valence-corrected chi connectivity index (χ3v) is 5.60. The fourth-order valence-electron chi connectivity index (χ4n) is 4.00. The van der Waals surface area contributed by atoms with Crippen molar-refractivity contribution in [3.63, 3.8) is 0 Å². The molecule has 0 saturated carbocycles. The highest BCUT2D eigenvalue weighted by Gasteiger charge is 2.14. The number of benzene rings is 3. The second-order valence-corrected chi connectivity index (χ2v) is 7.75. The number of carboxylic acids is 1. The predicted octanol–water partition coefficient (Wildman–Crippen LogP) is 5.26. The molecule has 7 nitrogen and oxygen atoms in total. The summed E-state index contributed by atoms with van der Waals surface area (Å²) >= 11 is 0. The molecular weight excluding hydrogens is 418 g/mol. The number of aryl methyl sites for hydroxylation is 1. The van der Waals surface area contributed by atoms with Crippen molar-refractivity contribution in [3.8, 4) is 11.5 Å². The Kier molecular flexibility index (Phi) is 5.06. The number of aliphatic carboxylic acids is 1. The molecule has 0 saturated heterocycles. The van der Waals surface area contributed by atoms with Crippen LogP contribution in [0.2, 0.25) is 0 Å². The van der Waals surface area contributed by atoms with Crippen molar-refractivity contribution in [1.29, 1.82) is 0 Å². The van der Waals surface area contributed by atoms with Crippen molar-refractivity contribution in [1.82, 2.24) is 9.13 Å². The van der Waals surface area contributed by atoms with Gasteiger partial charge in [-0.1, -0.05) is 24.3 Å². The molecule has 2 heterocycles. The van der Waals surface area contributed by atoms with E-state index >= 15 is 0 Å². The number of nitrogens with zero attached hydrogens (tertiary/aromatic N) is 2. The standard InChI is InChI=1S/C26H21N3O4/c1-28-21-6-3-2-5-17(21)15-23(28)26(32)27-18-9-11-19(12-10-18)33-24-8-4-7-22-20(24)13-14-29(22)16-25(30)31/h2-15H,16H2,1H3,(H,27,32)(H,30,31). The Labute approximate surface area is 189 Å². The van der Waals surface area contributed by atoms with Crippen LogP contribution in [0.25, 0.3) is 21.8 Å². The molecule has 0 aliphatic rings. The van der Waals surface area contributed by atoms with E-state index in [1.165, 1.54) is 0 Å². The topological polar surface area (TPSA) is 85.5 Å². The number of hydrogen-bond donors (Lipinski definition) is 2. The fraction of sp³-hybridized carbons (Fsp3) is 0.0769. The first kappa shape index (κ1) is 20.4. The van der Waals surface area contributed by atoms with Crippen LogP contribution in [0.15, 0.2) is 85.1 Å². The highest BCUT2D eigenvalue weighted by atomic mass is 16.5. The number of aromatic nitrogens is 2. The zero-order chi connectivity index (χ0) is 22.9. The minimum atomic E-state index is -0.903. The molecule has 164 valence electrons. The third kappa shape index (κ3) is 3.92. The maximum atomic E-state index is 12.8. The van der Waals surface area contributed by atoms with Crippen LogP contribution in [0, 0.1) is 0 Å². The minimum absolute atomic E-state index is 0.113. The maximum absolute atomic E-state index is 12.8. The van der Waals surface area contributed by atoms with Crippen LogP contribution in [-0.4, -0.2) is 26.1 Å². The van der Waals surface area contributed by atoms with Gasteiger partial charge in [0, 0.05) is 35.2 Å². The second kappa shape index (κ2) is 8.20. The van der Waals surface area contributed by atoms with Crippen LogP contribution < -0.4 is 10.1 Å². The van der Waals surface area contributed by atoms with Gasteiger partial charge in [-0.15, -0.1) is 0 Å². The van der Waals surface area contributed by atoms with E-state index in [1.54, 1.807) is 35.0 Å². The number of fused-ring (bicyclic) bond motifs is 2. The van der Waals surface area contributed by atoms with E-state index in [9.17, 15) is 9.59 Å². The summed E-state index contributed by atoms with van der Waals surface area (Å²) in [5.41, 5.74) is 3.02.